The Bertz CT molecular complexity index is 813. The van der Waals surface area contributed by atoms with Crippen molar-refractivity contribution in [2.45, 2.75) is 0 Å². The van der Waals surface area contributed by atoms with Crippen molar-refractivity contribution in [1.29, 1.82) is 0 Å². The Balaban J connectivity index is 2.65. The average molecular weight is 266 g/mol. The van der Waals surface area contributed by atoms with Crippen LogP contribution in [0, 0.1) is 0 Å². The molecule has 0 aromatic carbocycles. The van der Waals surface area contributed by atoms with E-state index in [4.69, 9.17) is 5.73 Å². The van der Waals surface area contributed by atoms with Gasteiger partial charge in [-0.1, -0.05) is 0 Å². The highest BCUT2D eigenvalue weighted by atomic mass is 16.2. The molecule has 0 saturated heterocycles. The largest absolute Gasteiger partial charge is 0.383 e. The summed E-state index contributed by atoms with van der Waals surface area (Å²) in [5, 5.41) is 1.13. The number of H-pyrrole nitrogens is 3. The summed E-state index contributed by atoms with van der Waals surface area (Å²) < 4.78 is 0.895. The molecule has 5 N–H and O–H groups in total. The van der Waals surface area contributed by atoms with E-state index in [2.05, 4.69) is 4.98 Å². The maximum atomic E-state index is 11.7. The molecular formula is C9H10N6O4. The first-order valence-corrected chi connectivity index (χ1v) is 5.08. The Morgan fingerprint density at radius 1 is 1.05 bits per heavy atom. The zero-order valence-corrected chi connectivity index (χ0v) is 9.76. The van der Waals surface area contributed by atoms with Crippen LogP contribution in [-0.4, -0.2) is 26.7 Å². The molecule has 0 amide bonds. The van der Waals surface area contributed by atoms with Gasteiger partial charge in [-0.15, -0.1) is 0 Å². The summed E-state index contributed by atoms with van der Waals surface area (Å²) in [7, 11) is 1.39. The highest BCUT2D eigenvalue weighted by molar-refractivity contribution is 5.39. The van der Waals surface area contributed by atoms with Crippen LogP contribution in [0.2, 0.25) is 0 Å². The normalized spacial score (nSPS) is 10.4. The van der Waals surface area contributed by atoms with Crippen LogP contribution in [0.15, 0.2) is 31.3 Å². The topological polar surface area (TPSA) is 150 Å². The van der Waals surface area contributed by atoms with Crippen LogP contribution in [-0.2, 0) is 0 Å². The Morgan fingerprint density at radius 2 is 1.68 bits per heavy atom. The first-order chi connectivity index (χ1) is 8.88. The van der Waals surface area contributed by atoms with E-state index in [1.54, 1.807) is 0 Å². The highest BCUT2D eigenvalue weighted by Crippen LogP contribution is 2.05. The average Bonchev–Trinajstić information content (AvgIpc) is 2.25. The van der Waals surface area contributed by atoms with Crippen LogP contribution >= 0.6 is 0 Å². The second-order valence-electron chi connectivity index (χ2n) is 3.67. The third kappa shape index (κ3) is 2.31. The van der Waals surface area contributed by atoms with Crippen LogP contribution < -0.4 is 33.2 Å². The van der Waals surface area contributed by atoms with E-state index in [9.17, 15) is 19.2 Å². The first kappa shape index (κ1) is 12.4. The molecule has 0 aliphatic heterocycles. The fraction of sp³-hybridized carbons (Fsp3) is 0.111. The summed E-state index contributed by atoms with van der Waals surface area (Å²) in [4.78, 5) is 51.4. The van der Waals surface area contributed by atoms with E-state index >= 15 is 0 Å². The van der Waals surface area contributed by atoms with E-state index in [0.29, 0.717) is 0 Å². The lowest BCUT2D eigenvalue weighted by atomic mass is 10.5. The monoisotopic (exact) mass is 266 g/mol. The fourth-order valence-electron chi connectivity index (χ4n) is 1.55. The molecule has 2 aromatic rings. The van der Waals surface area contributed by atoms with Crippen molar-refractivity contribution < 1.29 is 0 Å². The summed E-state index contributed by atoms with van der Waals surface area (Å²) in [5.74, 6) is -0.105. The number of aromatic nitrogens is 4. The molecule has 0 fully saturated rings. The van der Waals surface area contributed by atoms with E-state index in [1.165, 1.54) is 7.05 Å². The molecule has 2 rings (SSSR count). The van der Waals surface area contributed by atoms with Gasteiger partial charge in [-0.2, -0.15) is 4.68 Å². The van der Waals surface area contributed by atoms with Gasteiger partial charge in [-0.3, -0.25) is 29.5 Å². The van der Waals surface area contributed by atoms with E-state index in [1.807, 2.05) is 9.97 Å². The van der Waals surface area contributed by atoms with Crippen LogP contribution in [0.5, 0.6) is 0 Å². The Hall–Kier alpha value is -3.04. The minimum atomic E-state index is -0.798. The molecule has 0 unspecified atom stereocenters. The molecule has 2 heterocycles. The number of hydrogen-bond donors (Lipinski definition) is 4. The second-order valence-corrected chi connectivity index (χ2v) is 3.67. The van der Waals surface area contributed by atoms with E-state index < -0.39 is 22.5 Å². The number of anilines is 2. The van der Waals surface area contributed by atoms with Crippen molar-refractivity contribution in [3.63, 3.8) is 0 Å². The molecular weight excluding hydrogens is 256 g/mol. The molecule has 0 aliphatic carbocycles. The minimum absolute atomic E-state index is 0.0367. The first-order valence-electron chi connectivity index (χ1n) is 5.08. The maximum Gasteiger partial charge on any atom is 0.349 e. The van der Waals surface area contributed by atoms with Gasteiger partial charge in [0.15, 0.2) is 0 Å². The quantitative estimate of drug-likeness (QED) is 0.468. The molecule has 0 atom stereocenters. The maximum absolute atomic E-state index is 11.7. The number of nitrogens with zero attached hydrogens (tertiary/aromatic N) is 2. The summed E-state index contributed by atoms with van der Waals surface area (Å²) in [6.45, 7) is 0. The zero-order chi connectivity index (χ0) is 14.2. The van der Waals surface area contributed by atoms with Crippen LogP contribution in [0.25, 0.3) is 0 Å². The van der Waals surface area contributed by atoms with E-state index in [-0.39, 0.29) is 11.6 Å². The third-order valence-electron chi connectivity index (χ3n) is 2.34. The summed E-state index contributed by atoms with van der Waals surface area (Å²) >= 11 is 0. The van der Waals surface area contributed by atoms with Gasteiger partial charge in [0.1, 0.15) is 11.6 Å². The molecule has 10 heteroatoms. The lowest BCUT2D eigenvalue weighted by Gasteiger charge is -2.21. The molecule has 0 bridgehead atoms. The molecule has 19 heavy (non-hydrogen) atoms. The summed E-state index contributed by atoms with van der Waals surface area (Å²) in [6.07, 6.45) is 0. The summed E-state index contributed by atoms with van der Waals surface area (Å²) in [6, 6.07) is 2.07. The van der Waals surface area contributed by atoms with Crippen LogP contribution in [0.4, 0.5) is 11.6 Å². The van der Waals surface area contributed by atoms with Crippen molar-refractivity contribution >= 4 is 11.6 Å². The SMILES string of the molecule is CN(c1cc(=O)[nH]c(=O)[nH]1)n1c(N)cc(=O)[nH]c1=O. The Kier molecular flexibility index (Phi) is 2.83. The summed E-state index contributed by atoms with van der Waals surface area (Å²) in [5.41, 5.74) is 2.75. The van der Waals surface area contributed by atoms with Gasteiger partial charge in [0.2, 0.25) is 0 Å². The second kappa shape index (κ2) is 4.33. The van der Waals surface area contributed by atoms with Gasteiger partial charge >= 0.3 is 11.4 Å². The van der Waals surface area contributed by atoms with Crippen molar-refractivity contribution in [3.8, 4) is 0 Å². The Labute approximate surface area is 104 Å². The number of hydrogen-bond acceptors (Lipinski definition) is 6. The van der Waals surface area contributed by atoms with Crippen molar-refractivity contribution in [2.24, 2.45) is 0 Å². The fourth-order valence-corrected chi connectivity index (χ4v) is 1.55. The predicted molar refractivity (Wildman–Crippen MR) is 67.2 cm³/mol. The van der Waals surface area contributed by atoms with Crippen LogP contribution in [0.1, 0.15) is 0 Å². The number of nitrogen functional groups attached to an aromatic ring is 1. The minimum Gasteiger partial charge on any atom is -0.383 e. The molecule has 0 radical (unpaired) electrons. The number of nitrogens with one attached hydrogen (secondary N) is 3. The highest BCUT2D eigenvalue weighted by Gasteiger charge is 2.11. The predicted octanol–water partition coefficient (Wildman–Crippen LogP) is -2.61. The molecule has 0 aliphatic rings. The van der Waals surface area contributed by atoms with Gasteiger partial charge in [-0.05, 0) is 0 Å². The third-order valence-corrected chi connectivity index (χ3v) is 2.34. The smallest absolute Gasteiger partial charge is 0.349 e. The van der Waals surface area contributed by atoms with Crippen molar-refractivity contribution in [3.05, 3.63) is 53.8 Å². The Morgan fingerprint density at radius 3 is 2.26 bits per heavy atom. The molecule has 100 valence electrons. The van der Waals surface area contributed by atoms with Crippen molar-refractivity contribution in [1.82, 2.24) is 19.6 Å². The van der Waals surface area contributed by atoms with Crippen LogP contribution in [0.3, 0.4) is 0 Å². The van der Waals surface area contributed by atoms with Gasteiger partial charge in [0.25, 0.3) is 11.1 Å². The lowest BCUT2D eigenvalue weighted by Crippen LogP contribution is -2.42. The van der Waals surface area contributed by atoms with Crippen molar-refractivity contribution in [2.75, 3.05) is 17.8 Å². The molecule has 0 saturated carbocycles. The lowest BCUT2D eigenvalue weighted by molar-refractivity contribution is 0.701. The number of aromatic amines is 3. The van der Waals surface area contributed by atoms with Gasteiger partial charge in [0.05, 0.1) is 0 Å². The van der Waals surface area contributed by atoms with Gasteiger partial charge in [0, 0.05) is 19.2 Å². The van der Waals surface area contributed by atoms with Gasteiger partial charge in [-0.25, -0.2) is 9.59 Å². The molecule has 10 nitrogen and oxygen atoms in total. The zero-order valence-electron chi connectivity index (χ0n) is 9.76. The number of nitrogens with two attached hydrogens (primary N) is 1. The van der Waals surface area contributed by atoms with E-state index in [0.717, 1.165) is 21.8 Å². The number of rotatable bonds is 2. The molecule has 2 aromatic heterocycles. The standard InChI is InChI=1S/C9H10N6O4/c1-14(5-3-7(17)12-8(18)11-5)15-4(10)2-6(16)13-9(15)19/h2-3H,10H2,1H3,(H,13,16,19)(H2,11,12,17,18). The molecule has 0 spiro atoms. The van der Waals surface area contributed by atoms with Gasteiger partial charge < -0.3 is 5.73 Å².